The van der Waals surface area contributed by atoms with Crippen molar-refractivity contribution in [2.24, 2.45) is 0 Å². The van der Waals surface area contributed by atoms with Gasteiger partial charge in [-0.25, -0.2) is 13.2 Å². The highest BCUT2D eigenvalue weighted by Crippen LogP contribution is 2.21. The molecule has 7 heteroatoms. The van der Waals surface area contributed by atoms with Crippen molar-refractivity contribution in [1.82, 2.24) is 0 Å². The first-order valence-corrected chi connectivity index (χ1v) is 6.75. The predicted molar refractivity (Wildman–Crippen MR) is 78.4 cm³/mol. The topological polar surface area (TPSA) is 29.1 Å². The fourth-order valence-corrected chi connectivity index (χ4v) is 2.10. The average Bonchev–Trinajstić information content (AvgIpc) is 2.39. The third kappa shape index (κ3) is 3.24. The quantitative estimate of drug-likeness (QED) is 0.567. The summed E-state index contributed by atoms with van der Waals surface area (Å²) in [6.07, 6.45) is 0. The van der Waals surface area contributed by atoms with Crippen LogP contribution in [-0.2, 0) is 0 Å². The minimum absolute atomic E-state index is 0.170. The Morgan fingerprint density at radius 3 is 2.25 bits per heavy atom. The molecule has 0 fully saturated rings. The van der Waals surface area contributed by atoms with E-state index >= 15 is 0 Å². The second-order valence-electron chi connectivity index (χ2n) is 3.84. The van der Waals surface area contributed by atoms with Crippen molar-refractivity contribution < 1.29 is 18.0 Å². The molecule has 0 bridgehead atoms. The number of benzene rings is 2. The van der Waals surface area contributed by atoms with Crippen molar-refractivity contribution in [3.05, 3.63) is 61.9 Å². The van der Waals surface area contributed by atoms with E-state index < -0.39 is 23.4 Å². The number of amides is 1. The fourth-order valence-electron chi connectivity index (χ4n) is 1.47. The molecule has 2 nitrogen and oxygen atoms in total. The van der Waals surface area contributed by atoms with Crippen molar-refractivity contribution >= 4 is 45.8 Å². The van der Waals surface area contributed by atoms with E-state index in [0.717, 1.165) is 0 Å². The SMILES string of the molecule is O=C(Nc1cc(F)c(F)c(F)c1)c1ccc(Cl)c(I)c1. The van der Waals surface area contributed by atoms with Crippen molar-refractivity contribution in [1.29, 1.82) is 0 Å². The summed E-state index contributed by atoms with van der Waals surface area (Å²) in [4.78, 5) is 11.9. The van der Waals surface area contributed by atoms with E-state index in [-0.39, 0.29) is 11.3 Å². The number of anilines is 1. The highest BCUT2D eigenvalue weighted by atomic mass is 127. The minimum atomic E-state index is -1.58. The Balaban J connectivity index is 2.25. The maximum atomic E-state index is 13.0. The molecular weight excluding hydrogens is 406 g/mol. The van der Waals surface area contributed by atoms with Gasteiger partial charge in [-0.1, -0.05) is 11.6 Å². The van der Waals surface area contributed by atoms with E-state index in [1.54, 1.807) is 0 Å². The highest BCUT2D eigenvalue weighted by molar-refractivity contribution is 14.1. The lowest BCUT2D eigenvalue weighted by molar-refractivity contribution is 0.102. The lowest BCUT2D eigenvalue weighted by atomic mass is 10.2. The molecule has 0 aliphatic rings. The van der Waals surface area contributed by atoms with Crippen LogP contribution in [0.25, 0.3) is 0 Å². The Labute approximate surface area is 131 Å². The van der Waals surface area contributed by atoms with Gasteiger partial charge >= 0.3 is 0 Å². The molecule has 0 unspecified atom stereocenters. The van der Waals surface area contributed by atoms with Gasteiger partial charge in [0.05, 0.1) is 5.02 Å². The van der Waals surface area contributed by atoms with Gasteiger partial charge in [-0.15, -0.1) is 0 Å². The average molecular weight is 412 g/mol. The normalized spacial score (nSPS) is 10.4. The van der Waals surface area contributed by atoms with Gasteiger partial charge in [0.15, 0.2) is 17.5 Å². The van der Waals surface area contributed by atoms with Gasteiger partial charge in [0.25, 0.3) is 5.91 Å². The number of rotatable bonds is 2. The standard InChI is InChI=1S/C13H6ClF3INO/c14-8-2-1-6(3-11(8)18)13(20)19-7-4-9(15)12(17)10(16)5-7/h1-5H,(H,19,20). The monoisotopic (exact) mass is 411 g/mol. The number of halogens is 5. The second kappa shape index (κ2) is 6.01. The van der Waals surface area contributed by atoms with Gasteiger partial charge in [-0.05, 0) is 40.8 Å². The Morgan fingerprint density at radius 2 is 1.70 bits per heavy atom. The van der Waals surface area contributed by atoms with E-state index in [9.17, 15) is 18.0 Å². The molecule has 104 valence electrons. The van der Waals surface area contributed by atoms with E-state index in [1.807, 2.05) is 22.6 Å². The van der Waals surface area contributed by atoms with Crippen LogP contribution in [0.4, 0.5) is 18.9 Å². The maximum Gasteiger partial charge on any atom is 0.255 e. The van der Waals surface area contributed by atoms with Crippen LogP contribution in [0.3, 0.4) is 0 Å². The van der Waals surface area contributed by atoms with Crippen LogP contribution in [0, 0.1) is 21.0 Å². The molecule has 0 saturated heterocycles. The molecule has 1 amide bonds. The zero-order valence-electron chi connectivity index (χ0n) is 9.68. The van der Waals surface area contributed by atoms with E-state index in [4.69, 9.17) is 11.6 Å². The highest BCUT2D eigenvalue weighted by Gasteiger charge is 2.13. The van der Waals surface area contributed by atoms with Gasteiger partial charge in [-0.2, -0.15) is 0 Å². The van der Waals surface area contributed by atoms with Crippen LogP contribution >= 0.6 is 34.2 Å². The van der Waals surface area contributed by atoms with Gasteiger partial charge in [0.2, 0.25) is 0 Å². The van der Waals surface area contributed by atoms with E-state index in [1.165, 1.54) is 18.2 Å². The molecular formula is C13H6ClF3INO. The largest absolute Gasteiger partial charge is 0.322 e. The zero-order chi connectivity index (χ0) is 14.9. The first-order chi connectivity index (χ1) is 9.38. The number of nitrogens with one attached hydrogen (secondary N) is 1. The molecule has 0 aliphatic carbocycles. The Bertz CT molecular complexity index is 670. The summed E-state index contributed by atoms with van der Waals surface area (Å²) in [6.45, 7) is 0. The van der Waals surface area contributed by atoms with Crippen molar-refractivity contribution in [2.75, 3.05) is 5.32 Å². The van der Waals surface area contributed by atoms with Gasteiger partial charge < -0.3 is 5.32 Å². The first-order valence-electron chi connectivity index (χ1n) is 5.29. The molecule has 0 aliphatic heterocycles. The number of hydrogen-bond donors (Lipinski definition) is 1. The number of carbonyl (C=O) groups is 1. The van der Waals surface area contributed by atoms with E-state index in [2.05, 4.69) is 5.32 Å². The van der Waals surface area contributed by atoms with Crippen LogP contribution in [0.1, 0.15) is 10.4 Å². The Morgan fingerprint density at radius 1 is 1.10 bits per heavy atom. The lowest BCUT2D eigenvalue weighted by Gasteiger charge is -2.07. The zero-order valence-corrected chi connectivity index (χ0v) is 12.6. The van der Waals surface area contributed by atoms with Crippen LogP contribution in [-0.4, -0.2) is 5.91 Å². The van der Waals surface area contributed by atoms with Crippen LogP contribution in [0.15, 0.2) is 30.3 Å². The second-order valence-corrected chi connectivity index (χ2v) is 5.41. The Kier molecular flexibility index (Phi) is 4.54. The summed E-state index contributed by atoms with van der Waals surface area (Å²) in [5.74, 6) is -4.90. The summed E-state index contributed by atoms with van der Waals surface area (Å²) in [7, 11) is 0. The smallest absolute Gasteiger partial charge is 0.255 e. The summed E-state index contributed by atoms with van der Waals surface area (Å²) >= 11 is 7.77. The fraction of sp³-hybridized carbons (Fsp3) is 0. The Hall–Kier alpha value is -1.28. The summed E-state index contributed by atoms with van der Waals surface area (Å²) in [5, 5.41) is 2.77. The third-order valence-corrected chi connectivity index (χ3v) is 3.96. The van der Waals surface area contributed by atoms with Gasteiger partial charge in [0, 0.05) is 27.0 Å². The molecule has 0 aromatic heterocycles. The van der Waals surface area contributed by atoms with Crippen molar-refractivity contribution in [2.45, 2.75) is 0 Å². The molecule has 0 spiro atoms. The van der Waals surface area contributed by atoms with Crippen LogP contribution in [0.2, 0.25) is 5.02 Å². The van der Waals surface area contributed by atoms with Gasteiger partial charge in [-0.3, -0.25) is 4.79 Å². The molecule has 2 rings (SSSR count). The predicted octanol–water partition coefficient (Wildman–Crippen LogP) is 4.61. The molecule has 2 aromatic carbocycles. The molecule has 0 saturated carbocycles. The molecule has 0 heterocycles. The summed E-state index contributed by atoms with van der Waals surface area (Å²) in [6, 6.07) is 5.93. The number of hydrogen-bond acceptors (Lipinski definition) is 1. The molecule has 2 aromatic rings. The van der Waals surface area contributed by atoms with Crippen LogP contribution < -0.4 is 5.32 Å². The summed E-state index contributed by atoms with van der Waals surface area (Å²) < 4.78 is 39.5. The molecule has 0 radical (unpaired) electrons. The minimum Gasteiger partial charge on any atom is -0.322 e. The van der Waals surface area contributed by atoms with E-state index in [0.29, 0.717) is 20.7 Å². The van der Waals surface area contributed by atoms with Gasteiger partial charge in [0.1, 0.15) is 0 Å². The maximum absolute atomic E-state index is 13.0. The number of carbonyl (C=O) groups excluding carboxylic acids is 1. The molecule has 0 atom stereocenters. The molecule has 1 N–H and O–H groups in total. The first kappa shape index (κ1) is 15.1. The third-order valence-electron chi connectivity index (χ3n) is 2.42. The van der Waals surface area contributed by atoms with Crippen molar-refractivity contribution in [3.8, 4) is 0 Å². The molecule has 20 heavy (non-hydrogen) atoms. The summed E-state index contributed by atoms with van der Waals surface area (Å²) in [5.41, 5.74) is 0.0975. The van der Waals surface area contributed by atoms with Crippen LogP contribution in [0.5, 0.6) is 0 Å². The lowest BCUT2D eigenvalue weighted by Crippen LogP contribution is -2.12. The van der Waals surface area contributed by atoms with Crippen molar-refractivity contribution in [3.63, 3.8) is 0 Å².